The van der Waals surface area contributed by atoms with Gasteiger partial charge >= 0.3 is 0 Å². The lowest BCUT2D eigenvalue weighted by molar-refractivity contribution is 0.767. The zero-order chi connectivity index (χ0) is 46.4. The van der Waals surface area contributed by atoms with Gasteiger partial charge in [-0.05, 0) is 126 Å². The van der Waals surface area contributed by atoms with Gasteiger partial charge in [0.2, 0.25) is 0 Å². The molecule has 2 aliphatic carbocycles. The fourth-order valence-electron chi connectivity index (χ4n) is 11.7. The molecule has 4 heteroatoms. The van der Waals surface area contributed by atoms with E-state index in [1.54, 1.807) is 11.3 Å². The molecule has 0 bridgehead atoms. The van der Waals surface area contributed by atoms with Crippen LogP contribution in [0.15, 0.2) is 224 Å². The van der Waals surface area contributed by atoms with E-state index in [1.165, 1.54) is 87.2 Å². The monoisotopic (exact) mass is 925 g/mol. The fourth-order valence-corrected chi connectivity index (χ4v) is 14.9. The van der Waals surface area contributed by atoms with Crippen molar-refractivity contribution in [1.29, 1.82) is 0 Å². The molecule has 1 heterocycles. The number of benzene rings is 9. The molecule has 0 radical (unpaired) electrons. The van der Waals surface area contributed by atoms with Crippen molar-refractivity contribution in [3.8, 4) is 22.3 Å². The Balaban J connectivity index is 1.13. The Morgan fingerprint density at radius 1 is 0.338 bits per heavy atom. The van der Waals surface area contributed by atoms with E-state index in [0.717, 1.165) is 17.1 Å². The van der Waals surface area contributed by atoms with Crippen molar-refractivity contribution >= 4 is 65.0 Å². The minimum Gasteiger partial charge on any atom is -0.310 e. The van der Waals surface area contributed by atoms with E-state index in [0.29, 0.717) is 0 Å². The molecule has 0 N–H and O–H groups in total. The van der Waals surface area contributed by atoms with Crippen LogP contribution in [0.3, 0.4) is 0 Å². The second-order valence-electron chi connectivity index (χ2n) is 20.9. The number of hydrogen-bond donors (Lipinski definition) is 0. The molecule has 0 amide bonds. The summed E-state index contributed by atoms with van der Waals surface area (Å²) in [6, 6.07) is 84.0. The number of fused-ring (bicyclic) bond motifs is 7. The molecule has 9 aromatic carbocycles. The van der Waals surface area contributed by atoms with E-state index in [9.17, 15) is 0 Å². The molecule has 0 aliphatic heterocycles. The Kier molecular flexibility index (Phi) is 9.93. The minimum absolute atomic E-state index is 0.533. The normalized spacial score (nSPS) is 17.1. The first kappa shape index (κ1) is 42.5. The fraction of sp³-hybridized carbons (Fsp3) is 0.125. The maximum Gasteiger partial charge on any atom is 0.0775 e. The van der Waals surface area contributed by atoms with Crippen LogP contribution < -0.4 is 15.3 Å². The lowest BCUT2D eigenvalue weighted by Crippen LogP contribution is -2.38. The summed E-state index contributed by atoms with van der Waals surface area (Å²) in [7, 11) is -3.11. The topological polar surface area (TPSA) is 3.24 Å². The van der Waals surface area contributed by atoms with Gasteiger partial charge in [-0.1, -0.05) is 220 Å². The summed E-state index contributed by atoms with van der Waals surface area (Å²) in [5.41, 5.74) is 17.9. The first-order chi connectivity index (χ1) is 33.0. The molecule has 68 heavy (non-hydrogen) atoms. The Hall–Kier alpha value is -6.83. The van der Waals surface area contributed by atoms with Crippen molar-refractivity contribution in [2.75, 3.05) is 4.90 Å². The quantitative estimate of drug-likeness (QED) is 0.130. The summed E-state index contributed by atoms with van der Waals surface area (Å²) in [5, 5.41) is 6.40. The number of nitrogens with zero attached hydrogens (tertiary/aromatic N) is 1. The first-order valence-electron chi connectivity index (χ1n) is 24.1. The first-order valence-corrected chi connectivity index (χ1v) is 31.9. The van der Waals surface area contributed by atoms with Gasteiger partial charge in [0, 0.05) is 21.8 Å². The maximum atomic E-state index is 2.53. The molecule has 2 unspecified atom stereocenters. The smallest absolute Gasteiger partial charge is 0.0775 e. The Morgan fingerprint density at radius 2 is 0.721 bits per heavy atom. The number of rotatable bonds is 9. The van der Waals surface area contributed by atoms with Gasteiger partial charge in [0.25, 0.3) is 0 Å². The van der Waals surface area contributed by atoms with Crippen LogP contribution in [0.4, 0.5) is 17.1 Å². The highest BCUT2D eigenvalue weighted by Crippen LogP contribution is 2.59. The summed E-state index contributed by atoms with van der Waals surface area (Å²) < 4.78 is 1.29. The summed E-state index contributed by atoms with van der Waals surface area (Å²) in [5.74, 6) is 0. The molecule has 330 valence electrons. The van der Waals surface area contributed by atoms with Gasteiger partial charge in [-0.15, -0.1) is 11.3 Å². The van der Waals surface area contributed by atoms with Gasteiger partial charge in [0.05, 0.1) is 27.0 Å². The zero-order valence-corrected chi connectivity index (χ0v) is 42.5. The van der Waals surface area contributed by atoms with Gasteiger partial charge in [-0.25, -0.2) is 0 Å². The van der Waals surface area contributed by atoms with E-state index >= 15 is 0 Å². The molecule has 0 spiro atoms. The third kappa shape index (κ3) is 6.45. The number of anilines is 3. The van der Waals surface area contributed by atoms with Crippen molar-refractivity contribution in [3.63, 3.8) is 0 Å². The molecule has 0 saturated carbocycles. The molecule has 2 aliphatic rings. The van der Waals surface area contributed by atoms with Gasteiger partial charge < -0.3 is 4.90 Å². The minimum atomic E-state index is -1.55. The molecule has 2 atom stereocenters. The van der Waals surface area contributed by atoms with Gasteiger partial charge in [0.15, 0.2) is 0 Å². The highest BCUT2D eigenvalue weighted by atomic mass is 32.1. The third-order valence-electron chi connectivity index (χ3n) is 15.0. The van der Waals surface area contributed by atoms with Crippen LogP contribution in [-0.4, -0.2) is 16.1 Å². The molecule has 1 aromatic heterocycles. The predicted molar refractivity (Wildman–Crippen MR) is 297 cm³/mol. The summed E-state index contributed by atoms with van der Waals surface area (Å²) >= 11 is 1.80. The van der Waals surface area contributed by atoms with Crippen molar-refractivity contribution in [2.45, 2.75) is 50.1 Å². The number of hydrogen-bond acceptors (Lipinski definition) is 2. The Morgan fingerprint density at radius 3 is 1.18 bits per heavy atom. The SMILES string of the molecule is C[Si](C)(C)c1ccc(C2(c3ccccc3)c3ccccc3-c3ccc(N(c4ccc5c(c4)C(c4ccccc4)(c4ccc([Si](C)(C)C)cc4)c4ccccc4-5)c4ccc5sccc5c4)cc32)cc1. The lowest BCUT2D eigenvalue weighted by Gasteiger charge is -2.36. The molecule has 10 aromatic rings. The van der Waals surface area contributed by atoms with E-state index in [2.05, 4.69) is 268 Å². The van der Waals surface area contributed by atoms with E-state index in [1.807, 2.05) is 0 Å². The van der Waals surface area contributed by atoms with Gasteiger partial charge in [0.1, 0.15) is 0 Å². The molecule has 12 rings (SSSR count). The number of thiophene rings is 1. The lowest BCUT2D eigenvalue weighted by atomic mass is 9.67. The molecule has 0 saturated heterocycles. The third-order valence-corrected chi connectivity index (χ3v) is 20.1. The van der Waals surface area contributed by atoms with Crippen LogP contribution in [0.1, 0.15) is 44.5 Å². The van der Waals surface area contributed by atoms with Crippen LogP contribution in [0, 0.1) is 0 Å². The van der Waals surface area contributed by atoms with Crippen molar-refractivity contribution < 1.29 is 0 Å². The summed E-state index contributed by atoms with van der Waals surface area (Å²) in [6.07, 6.45) is 0. The highest BCUT2D eigenvalue weighted by molar-refractivity contribution is 7.17. The van der Waals surface area contributed by atoms with Crippen LogP contribution in [-0.2, 0) is 10.8 Å². The van der Waals surface area contributed by atoms with Crippen LogP contribution >= 0.6 is 11.3 Å². The average molecular weight is 926 g/mol. The second-order valence-corrected chi connectivity index (χ2v) is 32.0. The van der Waals surface area contributed by atoms with Crippen LogP contribution in [0.2, 0.25) is 39.3 Å². The average Bonchev–Trinajstić information content (AvgIpc) is 4.04. The summed E-state index contributed by atoms with van der Waals surface area (Å²) in [6.45, 7) is 14.6. The van der Waals surface area contributed by atoms with E-state index < -0.39 is 27.0 Å². The zero-order valence-electron chi connectivity index (χ0n) is 39.7. The molecular formula is C64H55NSSi2. The Labute approximate surface area is 408 Å². The second kappa shape index (κ2) is 15.9. The summed E-state index contributed by atoms with van der Waals surface area (Å²) in [4.78, 5) is 2.53. The van der Waals surface area contributed by atoms with Gasteiger partial charge in [-0.3, -0.25) is 0 Å². The molecule has 1 nitrogen and oxygen atoms in total. The molecule has 0 fully saturated rings. The highest BCUT2D eigenvalue weighted by Gasteiger charge is 2.48. The van der Waals surface area contributed by atoms with Crippen molar-refractivity contribution in [3.05, 3.63) is 268 Å². The molecular weight excluding hydrogens is 871 g/mol. The van der Waals surface area contributed by atoms with Gasteiger partial charge in [-0.2, -0.15) is 0 Å². The predicted octanol–water partition coefficient (Wildman–Crippen LogP) is 16.2. The van der Waals surface area contributed by atoms with E-state index in [-0.39, 0.29) is 0 Å². The van der Waals surface area contributed by atoms with Crippen molar-refractivity contribution in [1.82, 2.24) is 0 Å². The maximum absolute atomic E-state index is 2.53. The van der Waals surface area contributed by atoms with Crippen LogP contribution in [0.25, 0.3) is 32.3 Å². The van der Waals surface area contributed by atoms with Crippen molar-refractivity contribution in [2.24, 2.45) is 0 Å². The largest absolute Gasteiger partial charge is 0.310 e. The van der Waals surface area contributed by atoms with Crippen LogP contribution in [0.5, 0.6) is 0 Å². The standard InChI is InChI=1S/C64H55NSSi2/c1-67(2,3)52-32-25-47(26-33-52)63(45-17-9-7-10-18-45)58-23-15-13-21-54(58)56-36-29-50(42-60(56)63)65(49-31-38-62-44(41-49)39-40-66-62)51-30-37-57-55-22-14-16-24-59(55)64(61(57)43-51,46-19-11-8-12-20-46)48-27-34-53(35-28-48)68(4,5)6/h7-43H,1-6H3. The van der Waals surface area contributed by atoms with E-state index in [4.69, 9.17) is 0 Å². The Bertz CT molecular complexity index is 3330.